The Bertz CT molecular complexity index is 308. The van der Waals surface area contributed by atoms with Gasteiger partial charge in [-0.15, -0.1) is 0 Å². The van der Waals surface area contributed by atoms with Crippen molar-refractivity contribution in [1.29, 1.82) is 0 Å². The molecule has 1 atom stereocenters. The molecule has 5 heteroatoms. The Kier molecular flexibility index (Phi) is 4.76. The molecule has 0 spiro atoms. The summed E-state index contributed by atoms with van der Waals surface area (Å²) >= 11 is 0. The van der Waals surface area contributed by atoms with Crippen molar-refractivity contribution in [2.75, 3.05) is 25.2 Å². The Hall–Kier alpha value is -0.130. The molecule has 1 fully saturated rings. The molecular weight excluding hydrogens is 228 g/mol. The molecule has 0 bridgehead atoms. The van der Waals surface area contributed by atoms with Crippen molar-refractivity contribution in [2.24, 2.45) is 5.92 Å². The summed E-state index contributed by atoms with van der Waals surface area (Å²) in [6, 6.07) is 0. The predicted octanol–water partition coefficient (Wildman–Crippen LogP) is 0.989. The van der Waals surface area contributed by atoms with Crippen molar-refractivity contribution in [3.63, 3.8) is 0 Å². The van der Waals surface area contributed by atoms with Crippen LogP contribution in [0.1, 0.15) is 32.6 Å². The van der Waals surface area contributed by atoms with Crippen molar-refractivity contribution in [2.45, 2.75) is 38.2 Å². The molecule has 1 N–H and O–H groups in total. The van der Waals surface area contributed by atoms with E-state index in [1.165, 1.54) is 0 Å². The van der Waals surface area contributed by atoms with Crippen LogP contribution in [0.5, 0.6) is 0 Å². The fourth-order valence-corrected chi connectivity index (χ4v) is 2.88. The highest BCUT2D eigenvalue weighted by Gasteiger charge is 2.43. The summed E-state index contributed by atoms with van der Waals surface area (Å²) < 4.78 is 27.6. The minimum Gasteiger partial charge on any atom is -0.387 e. The standard InChI is InChI=1S/C11H22O4S/c1-3-16(13,14)8-4-7-11(12,9-15-2)10-5-6-10/h10,12H,3-9H2,1-2H3. The van der Waals surface area contributed by atoms with Crippen molar-refractivity contribution in [3.8, 4) is 0 Å². The third kappa shape index (κ3) is 4.03. The SMILES string of the molecule is CCS(=O)(=O)CCCC(O)(COC)C1CC1. The van der Waals surface area contributed by atoms with Gasteiger partial charge in [0, 0.05) is 12.9 Å². The van der Waals surface area contributed by atoms with Gasteiger partial charge in [-0.05, 0) is 31.6 Å². The Morgan fingerprint density at radius 2 is 2.06 bits per heavy atom. The molecule has 1 aliphatic rings. The Balaban J connectivity index is 2.39. The number of rotatable bonds is 8. The van der Waals surface area contributed by atoms with E-state index in [1.807, 2.05) is 0 Å². The highest BCUT2D eigenvalue weighted by molar-refractivity contribution is 7.91. The average molecular weight is 250 g/mol. The van der Waals surface area contributed by atoms with Crippen molar-refractivity contribution in [1.82, 2.24) is 0 Å². The van der Waals surface area contributed by atoms with Crippen LogP contribution >= 0.6 is 0 Å². The average Bonchev–Trinajstić information content (AvgIpc) is 3.01. The number of hydrogen-bond donors (Lipinski definition) is 1. The van der Waals surface area contributed by atoms with Gasteiger partial charge in [0.15, 0.2) is 0 Å². The number of ether oxygens (including phenoxy) is 1. The van der Waals surface area contributed by atoms with Gasteiger partial charge in [0.1, 0.15) is 9.84 Å². The summed E-state index contributed by atoms with van der Waals surface area (Å²) in [5, 5.41) is 10.3. The van der Waals surface area contributed by atoms with Gasteiger partial charge in [-0.1, -0.05) is 6.92 Å². The van der Waals surface area contributed by atoms with Crippen LogP contribution in [0.4, 0.5) is 0 Å². The third-order valence-electron chi connectivity index (χ3n) is 3.24. The second-order valence-corrected chi connectivity index (χ2v) is 7.12. The van der Waals surface area contributed by atoms with Gasteiger partial charge in [-0.3, -0.25) is 0 Å². The van der Waals surface area contributed by atoms with Gasteiger partial charge in [0.05, 0.1) is 18.0 Å². The van der Waals surface area contributed by atoms with Crippen molar-refractivity contribution < 1.29 is 18.3 Å². The van der Waals surface area contributed by atoms with Crippen LogP contribution in [0.15, 0.2) is 0 Å². The number of hydrogen-bond acceptors (Lipinski definition) is 4. The second-order valence-electron chi connectivity index (χ2n) is 4.65. The molecule has 1 aliphatic carbocycles. The first kappa shape index (κ1) is 13.9. The maximum absolute atomic E-state index is 11.3. The first-order chi connectivity index (χ1) is 7.43. The van der Waals surface area contributed by atoms with Crippen LogP contribution in [0, 0.1) is 5.92 Å². The lowest BCUT2D eigenvalue weighted by atomic mass is 9.93. The van der Waals surface area contributed by atoms with Crippen LogP contribution in [-0.2, 0) is 14.6 Å². The summed E-state index contributed by atoms with van der Waals surface area (Å²) in [5.74, 6) is 0.651. The van der Waals surface area contributed by atoms with E-state index in [4.69, 9.17) is 4.74 Å². The molecule has 1 rings (SSSR count). The fourth-order valence-electron chi connectivity index (χ4n) is 2.01. The van der Waals surface area contributed by atoms with Gasteiger partial charge >= 0.3 is 0 Å². The zero-order valence-corrected chi connectivity index (χ0v) is 10.9. The summed E-state index contributed by atoms with van der Waals surface area (Å²) in [5.41, 5.74) is -0.808. The maximum atomic E-state index is 11.3. The summed E-state index contributed by atoms with van der Waals surface area (Å²) in [6.45, 7) is 1.96. The predicted molar refractivity (Wildman–Crippen MR) is 63.1 cm³/mol. The summed E-state index contributed by atoms with van der Waals surface area (Å²) in [7, 11) is -1.35. The van der Waals surface area contributed by atoms with E-state index in [0.717, 1.165) is 12.8 Å². The molecule has 0 amide bonds. The lowest BCUT2D eigenvalue weighted by molar-refractivity contribution is -0.0540. The summed E-state index contributed by atoms with van der Waals surface area (Å²) in [6.07, 6.45) is 3.10. The quantitative estimate of drug-likeness (QED) is 0.698. The molecule has 0 aromatic rings. The van der Waals surface area contributed by atoms with E-state index in [0.29, 0.717) is 25.4 Å². The van der Waals surface area contributed by atoms with Crippen LogP contribution in [-0.4, -0.2) is 44.3 Å². The molecule has 0 aromatic carbocycles. The van der Waals surface area contributed by atoms with Crippen LogP contribution < -0.4 is 0 Å². The second kappa shape index (κ2) is 5.47. The normalized spacial score (nSPS) is 20.7. The van der Waals surface area contributed by atoms with Gasteiger partial charge in [-0.25, -0.2) is 8.42 Å². The largest absolute Gasteiger partial charge is 0.387 e. The minimum absolute atomic E-state index is 0.169. The zero-order valence-electron chi connectivity index (χ0n) is 10.1. The zero-order chi connectivity index (χ0) is 12.2. The molecule has 1 saturated carbocycles. The smallest absolute Gasteiger partial charge is 0.150 e. The minimum atomic E-state index is -2.91. The molecule has 0 saturated heterocycles. The number of sulfone groups is 1. The first-order valence-corrected chi connectivity index (χ1v) is 7.67. The molecule has 0 heterocycles. The lowest BCUT2D eigenvalue weighted by Crippen LogP contribution is -2.37. The van der Waals surface area contributed by atoms with Crippen molar-refractivity contribution in [3.05, 3.63) is 0 Å². The molecular formula is C11H22O4S. The maximum Gasteiger partial charge on any atom is 0.150 e. The van der Waals surface area contributed by atoms with E-state index in [-0.39, 0.29) is 11.5 Å². The molecule has 4 nitrogen and oxygen atoms in total. The highest BCUT2D eigenvalue weighted by Crippen LogP contribution is 2.42. The van der Waals surface area contributed by atoms with Crippen LogP contribution in [0.25, 0.3) is 0 Å². The van der Waals surface area contributed by atoms with E-state index in [9.17, 15) is 13.5 Å². The van der Waals surface area contributed by atoms with Gasteiger partial charge in [-0.2, -0.15) is 0 Å². The molecule has 0 aromatic heterocycles. The Morgan fingerprint density at radius 1 is 1.44 bits per heavy atom. The third-order valence-corrected chi connectivity index (χ3v) is 5.03. The molecule has 16 heavy (non-hydrogen) atoms. The van der Waals surface area contributed by atoms with E-state index in [1.54, 1.807) is 14.0 Å². The fraction of sp³-hybridized carbons (Fsp3) is 1.00. The molecule has 1 unspecified atom stereocenters. The van der Waals surface area contributed by atoms with Crippen LogP contribution in [0.2, 0.25) is 0 Å². The first-order valence-electron chi connectivity index (χ1n) is 5.85. The van der Waals surface area contributed by atoms with Crippen LogP contribution in [0.3, 0.4) is 0 Å². The number of aliphatic hydroxyl groups is 1. The molecule has 0 radical (unpaired) electrons. The van der Waals surface area contributed by atoms with E-state index in [2.05, 4.69) is 0 Å². The van der Waals surface area contributed by atoms with E-state index >= 15 is 0 Å². The molecule has 0 aliphatic heterocycles. The van der Waals surface area contributed by atoms with Gasteiger partial charge in [0.2, 0.25) is 0 Å². The number of methoxy groups -OCH3 is 1. The lowest BCUT2D eigenvalue weighted by Gasteiger charge is -2.27. The topological polar surface area (TPSA) is 63.6 Å². The summed E-state index contributed by atoms with van der Waals surface area (Å²) in [4.78, 5) is 0. The van der Waals surface area contributed by atoms with Crippen molar-refractivity contribution >= 4 is 9.84 Å². The Labute approximate surface area is 97.9 Å². The van der Waals surface area contributed by atoms with E-state index < -0.39 is 15.4 Å². The molecule has 96 valence electrons. The Morgan fingerprint density at radius 3 is 2.50 bits per heavy atom. The van der Waals surface area contributed by atoms with Gasteiger partial charge < -0.3 is 9.84 Å². The monoisotopic (exact) mass is 250 g/mol. The van der Waals surface area contributed by atoms with Gasteiger partial charge in [0.25, 0.3) is 0 Å². The highest BCUT2D eigenvalue weighted by atomic mass is 32.2.